The van der Waals surface area contributed by atoms with Gasteiger partial charge in [0.05, 0.1) is 29.4 Å². The second-order valence-electron chi connectivity index (χ2n) is 3.45. The summed E-state index contributed by atoms with van der Waals surface area (Å²) < 4.78 is 50.4. The van der Waals surface area contributed by atoms with Crippen LogP contribution >= 0.6 is 22.6 Å². The van der Waals surface area contributed by atoms with E-state index in [0.29, 0.717) is 3.57 Å². The van der Waals surface area contributed by atoms with Crippen molar-refractivity contribution in [2.24, 2.45) is 0 Å². The topological polar surface area (TPSA) is 57.7 Å². The zero-order chi connectivity index (χ0) is 15.3. The summed E-state index contributed by atoms with van der Waals surface area (Å²) in [6.07, 6.45) is -5.14. The molecule has 0 spiro atoms. The number of alkyl halides is 3. The fraction of sp³-hybridized carbons (Fsp3) is 0.455. The number of pyridine rings is 1. The number of rotatable bonds is 5. The lowest BCUT2D eigenvalue weighted by atomic mass is 10.2. The molecule has 0 atom stereocenters. The van der Waals surface area contributed by atoms with Gasteiger partial charge in [0.2, 0.25) is 5.88 Å². The average molecular weight is 405 g/mol. The molecule has 0 aliphatic heterocycles. The normalized spacial score (nSPS) is 11.1. The number of carbonyl (C=O) groups excluding carboxylic acids is 1. The van der Waals surface area contributed by atoms with E-state index in [4.69, 9.17) is 9.47 Å². The molecule has 0 N–H and O–H groups in total. The minimum atomic E-state index is -4.87. The van der Waals surface area contributed by atoms with Gasteiger partial charge in [-0.05, 0) is 29.5 Å². The number of halogens is 4. The average Bonchev–Trinajstić information content (AvgIpc) is 2.31. The van der Waals surface area contributed by atoms with Crippen molar-refractivity contribution < 1.29 is 32.2 Å². The Kier molecular flexibility index (Phi) is 5.84. The van der Waals surface area contributed by atoms with Gasteiger partial charge >= 0.3 is 12.3 Å². The Morgan fingerprint density at radius 3 is 2.60 bits per heavy atom. The highest BCUT2D eigenvalue weighted by molar-refractivity contribution is 14.1. The van der Waals surface area contributed by atoms with Crippen LogP contribution in [0.5, 0.6) is 11.6 Å². The monoisotopic (exact) mass is 405 g/mol. The molecule has 1 aromatic heterocycles. The van der Waals surface area contributed by atoms with Gasteiger partial charge in [0, 0.05) is 6.07 Å². The van der Waals surface area contributed by atoms with E-state index in [9.17, 15) is 18.0 Å². The molecule has 0 unspecified atom stereocenters. The van der Waals surface area contributed by atoms with Crippen molar-refractivity contribution in [1.82, 2.24) is 4.98 Å². The van der Waals surface area contributed by atoms with Crippen LogP contribution in [0.15, 0.2) is 6.07 Å². The van der Waals surface area contributed by atoms with Crippen LogP contribution < -0.4 is 9.47 Å². The standard InChI is InChI=1S/C11H11F3INO4/c1-3-19-9(17)4-6-10(15)7(18-2)5-8(16-6)20-11(12,13)14/h5H,3-4H2,1-2H3. The van der Waals surface area contributed by atoms with Crippen LogP contribution in [0.2, 0.25) is 0 Å². The van der Waals surface area contributed by atoms with Crippen LogP contribution in [0.25, 0.3) is 0 Å². The summed E-state index contributed by atoms with van der Waals surface area (Å²) >= 11 is 1.82. The second-order valence-corrected chi connectivity index (χ2v) is 4.53. The molecule has 0 fully saturated rings. The molecule has 9 heteroatoms. The van der Waals surface area contributed by atoms with Crippen LogP contribution in [-0.2, 0) is 16.0 Å². The number of methoxy groups -OCH3 is 1. The predicted octanol–water partition coefficient (Wildman–Crippen LogP) is 2.70. The minimum absolute atomic E-state index is 0.0997. The number of esters is 1. The van der Waals surface area contributed by atoms with Gasteiger partial charge in [-0.25, -0.2) is 4.98 Å². The number of hydrogen-bond donors (Lipinski definition) is 0. The molecule has 112 valence electrons. The quantitative estimate of drug-likeness (QED) is 0.557. The van der Waals surface area contributed by atoms with Crippen molar-refractivity contribution in [2.45, 2.75) is 19.7 Å². The molecule has 1 heterocycles. The summed E-state index contributed by atoms with van der Waals surface area (Å²) in [7, 11) is 1.29. The third kappa shape index (κ3) is 5.02. The van der Waals surface area contributed by atoms with Gasteiger partial charge < -0.3 is 14.2 Å². The van der Waals surface area contributed by atoms with E-state index < -0.39 is 18.2 Å². The largest absolute Gasteiger partial charge is 0.574 e. The maximum atomic E-state index is 12.2. The zero-order valence-corrected chi connectivity index (χ0v) is 12.7. The van der Waals surface area contributed by atoms with Crippen LogP contribution in [0.4, 0.5) is 13.2 Å². The molecule has 5 nitrogen and oxygen atoms in total. The highest BCUT2D eigenvalue weighted by Crippen LogP contribution is 2.30. The summed E-state index contributed by atoms with van der Waals surface area (Å²) in [6.45, 7) is 1.80. The molecule has 1 rings (SSSR count). The van der Waals surface area contributed by atoms with Gasteiger partial charge in [0.15, 0.2) is 0 Å². The van der Waals surface area contributed by atoms with Gasteiger partial charge in [-0.3, -0.25) is 4.79 Å². The van der Waals surface area contributed by atoms with E-state index in [2.05, 4.69) is 9.72 Å². The lowest BCUT2D eigenvalue weighted by Crippen LogP contribution is -2.19. The van der Waals surface area contributed by atoms with Gasteiger partial charge in [-0.1, -0.05) is 0 Å². The van der Waals surface area contributed by atoms with E-state index in [0.717, 1.165) is 6.07 Å². The van der Waals surface area contributed by atoms with Crippen molar-refractivity contribution in [3.63, 3.8) is 0 Å². The third-order valence-electron chi connectivity index (χ3n) is 2.03. The smallest absolute Gasteiger partial charge is 0.495 e. The fourth-order valence-electron chi connectivity index (χ4n) is 1.32. The Labute approximate surface area is 126 Å². The van der Waals surface area contributed by atoms with Crippen molar-refractivity contribution in [1.29, 1.82) is 0 Å². The Bertz CT molecular complexity index is 493. The minimum Gasteiger partial charge on any atom is -0.495 e. The van der Waals surface area contributed by atoms with Crippen molar-refractivity contribution in [3.8, 4) is 11.6 Å². The Morgan fingerprint density at radius 2 is 2.10 bits per heavy atom. The molecule has 0 bridgehead atoms. The predicted molar refractivity (Wildman–Crippen MR) is 70.5 cm³/mol. The first kappa shape index (κ1) is 16.8. The lowest BCUT2D eigenvalue weighted by molar-refractivity contribution is -0.276. The summed E-state index contributed by atoms with van der Waals surface area (Å²) in [5.74, 6) is -1.14. The van der Waals surface area contributed by atoms with Gasteiger partial charge in [0.1, 0.15) is 5.75 Å². The summed E-state index contributed by atoms with van der Waals surface area (Å²) in [5, 5.41) is 0. The summed E-state index contributed by atoms with van der Waals surface area (Å²) in [6, 6.07) is 1.00. The third-order valence-corrected chi connectivity index (χ3v) is 3.18. The van der Waals surface area contributed by atoms with Gasteiger partial charge in [-0.2, -0.15) is 0 Å². The Balaban J connectivity index is 3.08. The van der Waals surface area contributed by atoms with Crippen LogP contribution in [0.3, 0.4) is 0 Å². The fourth-order valence-corrected chi connectivity index (χ4v) is 2.00. The highest BCUT2D eigenvalue weighted by Gasteiger charge is 2.32. The number of carbonyl (C=O) groups is 1. The second kappa shape index (κ2) is 6.95. The molecule has 1 aromatic rings. The molecule has 0 saturated carbocycles. The Hall–Kier alpha value is -1.26. The van der Waals surface area contributed by atoms with E-state index >= 15 is 0 Å². The van der Waals surface area contributed by atoms with E-state index in [1.54, 1.807) is 6.92 Å². The zero-order valence-electron chi connectivity index (χ0n) is 10.6. The van der Waals surface area contributed by atoms with Crippen molar-refractivity contribution in [2.75, 3.05) is 13.7 Å². The first-order valence-electron chi connectivity index (χ1n) is 5.41. The molecule has 0 aliphatic rings. The SMILES string of the molecule is CCOC(=O)Cc1nc(OC(F)(F)F)cc(OC)c1I. The van der Waals surface area contributed by atoms with E-state index in [-0.39, 0.29) is 24.5 Å². The number of aromatic nitrogens is 1. The molecule has 0 saturated heterocycles. The summed E-state index contributed by atoms with van der Waals surface area (Å²) in [5.41, 5.74) is 0.0997. The highest BCUT2D eigenvalue weighted by atomic mass is 127. The molecule has 0 aromatic carbocycles. The molecule has 0 aliphatic carbocycles. The van der Waals surface area contributed by atoms with Crippen LogP contribution in [0.1, 0.15) is 12.6 Å². The number of hydrogen-bond acceptors (Lipinski definition) is 5. The van der Waals surface area contributed by atoms with Gasteiger partial charge in [-0.15, -0.1) is 13.2 Å². The van der Waals surface area contributed by atoms with Crippen LogP contribution in [0, 0.1) is 3.57 Å². The first-order valence-corrected chi connectivity index (χ1v) is 6.49. The molecule has 0 radical (unpaired) electrons. The van der Waals surface area contributed by atoms with Gasteiger partial charge in [0.25, 0.3) is 0 Å². The molecular formula is C11H11F3INO4. The molecule has 0 amide bonds. The lowest BCUT2D eigenvalue weighted by Gasteiger charge is -2.13. The van der Waals surface area contributed by atoms with Crippen molar-refractivity contribution in [3.05, 3.63) is 15.3 Å². The maximum Gasteiger partial charge on any atom is 0.574 e. The first-order chi connectivity index (χ1) is 9.26. The Morgan fingerprint density at radius 1 is 1.45 bits per heavy atom. The van der Waals surface area contributed by atoms with Crippen molar-refractivity contribution >= 4 is 28.6 Å². The maximum absolute atomic E-state index is 12.2. The number of nitrogens with zero attached hydrogens (tertiary/aromatic N) is 1. The molecular weight excluding hydrogens is 394 g/mol. The van der Waals surface area contributed by atoms with E-state index in [1.807, 2.05) is 22.6 Å². The van der Waals surface area contributed by atoms with E-state index in [1.165, 1.54) is 7.11 Å². The van der Waals surface area contributed by atoms with Crippen LogP contribution in [-0.4, -0.2) is 31.0 Å². The summed E-state index contributed by atoms with van der Waals surface area (Å²) in [4.78, 5) is 15.0. The number of ether oxygens (including phenoxy) is 3. The molecule has 20 heavy (non-hydrogen) atoms.